The van der Waals surface area contributed by atoms with E-state index in [1.165, 1.54) is 24.3 Å². The first kappa shape index (κ1) is 19.1. The molecular formula is C18H16IN3O5. The summed E-state index contributed by atoms with van der Waals surface area (Å²) in [6.45, 7) is 1.38. The van der Waals surface area contributed by atoms with Gasteiger partial charge in [-0.3, -0.25) is 19.7 Å². The largest absolute Gasteiger partial charge is 0.508 e. The molecule has 1 N–H and O–H groups in total. The maximum atomic E-state index is 12.7. The Kier molecular flexibility index (Phi) is 5.59. The van der Waals surface area contributed by atoms with E-state index in [9.17, 15) is 24.8 Å². The monoisotopic (exact) mass is 481 g/mol. The number of nitrogens with zero attached hydrogens (tertiary/aromatic N) is 3. The second kappa shape index (κ2) is 7.91. The zero-order valence-electron chi connectivity index (χ0n) is 14.2. The second-order valence-electron chi connectivity index (χ2n) is 6.06. The molecule has 140 valence electrons. The van der Waals surface area contributed by atoms with Gasteiger partial charge in [-0.05, 0) is 46.9 Å². The van der Waals surface area contributed by atoms with Crippen molar-refractivity contribution >= 4 is 40.1 Å². The molecule has 2 aromatic carbocycles. The number of piperazine rings is 1. The Labute approximate surface area is 168 Å². The highest BCUT2D eigenvalue weighted by molar-refractivity contribution is 14.1. The van der Waals surface area contributed by atoms with E-state index in [0.717, 1.165) is 0 Å². The minimum absolute atomic E-state index is 0.0231. The van der Waals surface area contributed by atoms with E-state index in [-0.39, 0.29) is 28.8 Å². The first-order valence-electron chi connectivity index (χ1n) is 8.18. The molecule has 9 heteroatoms. The molecule has 1 aliphatic heterocycles. The third kappa shape index (κ3) is 4.18. The third-order valence-electron chi connectivity index (χ3n) is 4.34. The van der Waals surface area contributed by atoms with Gasteiger partial charge in [0.1, 0.15) is 5.75 Å². The van der Waals surface area contributed by atoms with Crippen molar-refractivity contribution < 1.29 is 19.6 Å². The van der Waals surface area contributed by atoms with E-state index in [0.29, 0.717) is 35.3 Å². The first-order valence-corrected chi connectivity index (χ1v) is 9.26. The van der Waals surface area contributed by atoms with Crippen molar-refractivity contribution in [3.05, 3.63) is 67.3 Å². The van der Waals surface area contributed by atoms with E-state index in [4.69, 9.17) is 0 Å². The van der Waals surface area contributed by atoms with Crippen LogP contribution in [0.2, 0.25) is 0 Å². The van der Waals surface area contributed by atoms with Crippen LogP contribution in [-0.2, 0) is 0 Å². The van der Waals surface area contributed by atoms with Crippen molar-refractivity contribution in [3.8, 4) is 5.75 Å². The van der Waals surface area contributed by atoms with Crippen molar-refractivity contribution in [1.29, 1.82) is 0 Å². The number of carbonyl (C=O) groups excluding carboxylic acids is 2. The zero-order chi connectivity index (χ0) is 19.6. The Morgan fingerprint density at radius 1 is 1.00 bits per heavy atom. The van der Waals surface area contributed by atoms with Crippen LogP contribution >= 0.6 is 22.6 Å². The molecule has 1 saturated heterocycles. The Morgan fingerprint density at radius 3 is 2.22 bits per heavy atom. The number of hydrogen-bond donors (Lipinski definition) is 1. The van der Waals surface area contributed by atoms with Crippen LogP contribution in [0.15, 0.2) is 42.5 Å². The van der Waals surface area contributed by atoms with Crippen molar-refractivity contribution in [2.75, 3.05) is 26.2 Å². The van der Waals surface area contributed by atoms with Gasteiger partial charge in [0, 0.05) is 47.4 Å². The van der Waals surface area contributed by atoms with E-state index >= 15 is 0 Å². The zero-order valence-corrected chi connectivity index (χ0v) is 16.3. The Bertz CT molecular complexity index is 910. The summed E-state index contributed by atoms with van der Waals surface area (Å²) in [7, 11) is 0. The maximum absolute atomic E-state index is 12.7. The van der Waals surface area contributed by atoms with E-state index in [1.54, 1.807) is 28.0 Å². The number of benzene rings is 2. The van der Waals surface area contributed by atoms with E-state index in [2.05, 4.69) is 0 Å². The predicted molar refractivity (Wildman–Crippen MR) is 106 cm³/mol. The number of phenolic OH excluding ortho intramolecular Hbond substituents is 1. The molecule has 0 spiro atoms. The lowest BCUT2D eigenvalue weighted by Crippen LogP contribution is -2.50. The number of non-ortho nitro benzene ring substituents is 1. The number of halogens is 1. The smallest absolute Gasteiger partial charge is 0.270 e. The summed E-state index contributed by atoms with van der Waals surface area (Å²) in [4.78, 5) is 38.9. The molecule has 0 saturated carbocycles. The summed E-state index contributed by atoms with van der Waals surface area (Å²) < 4.78 is 0.640. The summed E-state index contributed by atoms with van der Waals surface area (Å²) in [5, 5.41) is 20.5. The van der Waals surface area contributed by atoms with Gasteiger partial charge in [-0.2, -0.15) is 0 Å². The van der Waals surface area contributed by atoms with Gasteiger partial charge in [-0.1, -0.05) is 6.07 Å². The van der Waals surface area contributed by atoms with Gasteiger partial charge >= 0.3 is 0 Å². The summed E-state index contributed by atoms with van der Waals surface area (Å²) >= 11 is 1.98. The highest BCUT2D eigenvalue weighted by Crippen LogP contribution is 2.22. The number of aromatic hydroxyl groups is 1. The fourth-order valence-corrected chi connectivity index (χ4v) is 3.46. The van der Waals surface area contributed by atoms with Crippen molar-refractivity contribution in [2.24, 2.45) is 0 Å². The highest BCUT2D eigenvalue weighted by atomic mass is 127. The summed E-state index contributed by atoms with van der Waals surface area (Å²) in [5.74, 6) is -0.467. The van der Waals surface area contributed by atoms with Gasteiger partial charge in [0.15, 0.2) is 0 Å². The van der Waals surface area contributed by atoms with Gasteiger partial charge in [0.25, 0.3) is 17.5 Å². The third-order valence-corrected chi connectivity index (χ3v) is 5.28. The second-order valence-corrected chi connectivity index (χ2v) is 7.22. The van der Waals surface area contributed by atoms with E-state index in [1.807, 2.05) is 22.6 Å². The molecule has 0 aromatic heterocycles. The SMILES string of the molecule is O=C(c1cccc(O)c1)N1CCN(C(=O)c2cc([N+](=O)[O-])ccc2I)CC1. The minimum Gasteiger partial charge on any atom is -0.508 e. The molecular weight excluding hydrogens is 465 g/mol. The lowest BCUT2D eigenvalue weighted by atomic mass is 10.1. The van der Waals surface area contributed by atoms with Gasteiger partial charge in [-0.15, -0.1) is 0 Å². The fourth-order valence-electron chi connectivity index (χ4n) is 2.90. The summed E-state index contributed by atoms with van der Waals surface area (Å²) in [6.07, 6.45) is 0. The normalized spacial score (nSPS) is 14.1. The van der Waals surface area contributed by atoms with Crippen LogP contribution in [0.4, 0.5) is 5.69 Å². The molecule has 2 aromatic rings. The van der Waals surface area contributed by atoms with Crippen LogP contribution < -0.4 is 0 Å². The molecule has 8 nitrogen and oxygen atoms in total. The summed E-state index contributed by atoms with van der Waals surface area (Å²) in [6, 6.07) is 10.3. The molecule has 1 aliphatic rings. The predicted octanol–water partition coefficient (Wildman–Crippen LogP) is 2.50. The average molecular weight is 481 g/mol. The van der Waals surface area contributed by atoms with Crippen LogP contribution in [0, 0.1) is 13.7 Å². The van der Waals surface area contributed by atoms with Crippen LogP contribution in [0.3, 0.4) is 0 Å². The molecule has 27 heavy (non-hydrogen) atoms. The quantitative estimate of drug-likeness (QED) is 0.412. The number of nitro benzene ring substituents is 1. The minimum atomic E-state index is -0.529. The molecule has 0 bridgehead atoms. The Hall–Kier alpha value is -2.69. The molecule has 1 heterocycles. The molecule has 0 aliphatic carbocycles. The number of nitro groups is 1. The van der Waals surface area contributed by atoms with Crippen molar-refractivity contribution in [2.45, 2.75) is 0 Å². The molecule has 0 atom stereocenters. The maximum Gasteiger partial charge on any atom is 0.270 e. The van der Waals surface area contributed by atoms with Gasteiger partial charge in [0.05, 0.1) is 10.5 Å². The number of carbonyl (C=O) groups is 2. The van der Waals surface area contributed by atoms with Gasteiger partial charge < -0.3 is 14.9 Å². The first-order chi connectivity index (χ1) is 12.9. The lowest BCUT2D eigenvalue weighted by Gasteiger charge is -2.35. The van der Waals surface area contributed by atoms with Crippen LogP contribution in [-0.4, -0.2) is 57.8 Å². The standard InChI is InChI=1S/C18H16IN3O5/c19-16-5-4-13(22(26)27)11-15(16)18(25)21-8-6-20(7-9-21)17(24)12-2-1-3-14(23)10-12/h1-5,10-11,23H,6-9H2. The van der Waals surface area contributed by atoms with E-state index < -0.39 is 4.92 Å². The topological polar surface area (TPSA) is 104 Å². The number of phenols is 1. The van der Waals surface area contributed by atoms with Gasteiger partial charge in [-0.25, -0.2) is 0 Å². The number of amides is 2. The van der Waals surface area contributed by atoms with Crippen molar-refractivity contribution in [3.63, 3.8) is 0 Å². The fraction of sp³-hybridized carbons (Fsp3) is 0.222. The van der Waals surface area contributed by atoms with Crippen LogP contribution in [0.1, 0.15) is 20.7 Å². The molecule has 3 rings (SSSR count). The Balaban J connectivity index is 1.69. The molecule has 1 fully saturated rings. The van der Waals surface area contributed by atoms with Gasteiger partial charge in [0.2, 0.25) is 0 Å². The summed E-state index contributed by atoms with van der Waals surface area (Å²) in [5.41, 5.74) is 0.553. The average Bonchev–Trinajstić information content (AvgIpc) is 2.67. The lowest BCUT2D eigenvalue weighted by molar-refractivity contribution is -0.384. The van der Waals surface area contributed by atoms with Crippen LogP contribution in [0.5, 0.6) is 5.75 Å². The molecule has 2 amide bonds. The number of rotatable bonds is 3. The molecule has 0 radical (unpaired) electrons. The van der Waals surface area contributed by atoms with Crippen molar-refractivity contribution in [1.82, 2.24) is 9.80 Å². The Morgan fingerprint density at radius 2 is 1.63 bits per heavy atom. The molecule has 0 unspecified atom stereocenters. The number of hydrogen-bond acceptors (Lipinski definition) is 5. The highest BCUT2D eigenvalue weighted by Gasteiger charge is 2.27. The van der Waals surface area contributed by atoms with Crippen LogP contribution in [0.25, 0.3) is 0 Å².